The number of rotatable bonds is 2. The van der Waals surface area contributed by atoms with E-state index in [1.807, 2.05) is 0 Å². The first kappa shape index (κ1) is 8.64. The second-order valence-electron chi connectivity index (χ2n) is 3.46. The van der Waals surface area contributed by atoms with E-state index < -0.39 is 0 Å². The molecule has 0 aromatic carbocycles. The van der Waals surface area contributed by atoms with Crippen molar-refractivity contribution >= 4 is 29.2 Å². The maximum absolute atomic E-state index is 11.1. The van der Waals surface area contributed by atoms with Gasteiger partial charge in [-0.15, -0.1) is 23.2 Å². The summed E-state index contributed by atoms with van der Waals surface area (Å²) in [4.78, 5) is 11.1. The summed E-state index contributed by atoms with van der Waals surface area (Å²) in [6.45, 7) is 0.550. The molecule has 0 radical (unpaired) electrons. The van der Waals surface area contributed by atoms with Gasteiger partial charge in [0.15, 0.2) is 0 Å². The van der Waals surface area contributed by atoms with Gasteiger partial charge in [0, 0.05) is 17.7 Å². The highest BCUT2D eigenvalue weighted by atomic mass is 35.5. The topological polar surface area (TPSA) is 26.3 Å². The molecule has 1 aliphatic heterocycles. The van der Waals surface area contributed by atoms with Gasteiger partial charge in [-0.3, -0.25) is 4.79 Å². The lowest BCUT2D eigenvalue weighted by Crippen LogP contribution is -2.49. The standard InChI is InChI=1S/C8H10Cl2O2/c9-1-4-5(2-10)7-6(4)3-12-8(7)11/h4-7H,1-3H2/t4-,5+,6+,7-/m1/s1. The van der Waals surface area contributed by atoms with Crippen molar-refractivity contribution in [2.24, 2.45) is 23.7 Å². The van der Waals surface area contributed by atoms with E-state index in [0.717, 1.165) is 0 Å². The number of cyclic esters (lactones) is 1. The number of fused-ring (bicyclic) bond motifs is 1. The van der Waals surface area contributed by atoms with Gasteiger partial charge in [0.1, 0.15) is 0 Å². The van der Waals surface area contributed by atoms with Crippen molar-refractivity contribution in [3.05, 3.63) is 0 Å². The summed E-state index contributed by atoms with van der Waals surface area (Å²) in [7, 11) is 0. The van der Waals surface area contributed by atoms with E-state index in [1.54, 1.807) is 0 Å². The zero-order chi connectivity index (χ0) is 8.72. The Hall–Kier alpha value is 0.0500. The van der Waals surface area contributed by atoms with Crippen LogP contribution in [-0.2, 0) is 9.53 Å². The van der Waals surface area contributed by atoms with E-state index in [-0.39, 0.29) is 17.8 Å². The van der Waals surface area contributed by atoms with Crippen LogP contribution >= 0.6 is 23.2 Å². The summed E-state index contributed by atoms with van der Waals surface area (Å²) in [5, 5.41) is 0. The smallest absolute Gasteiger partial charge is 0.309 e. The van der Waals surface area contributed by atoms with Crippen LogP contribution in [-0.4, -0.2) is 24.3 Å². The molecular formula is C8H10Cl2O2. The van der Waals surface area contributed by atoms with Gasteiger partial charge in [-0.2, -0.15) is 0 Å². The molecule has 1 aliphatic carbocycles. The van der Waals surface area contributed by atoms with Crippen LogP contribution in [0.2, 0.25) is 0 Å². The summed E-state index contributed by atoms with van der Waals surface area (Å²) in [6, 6.07) is 0. The molecule has 68 valence electrons. The highest BCUT2D eigenvalue weighted by Crippen LogP contribution is 2.51. The Bertz CT molecular complexity index is 207. The fourth-order valence-electron chi connectivity index (χ4n) is 2.31. The van der Waals surface area contributed by atoms with Crippen molar-refractivity contribution in [3.63, 3.8) is 0 Å². The van der Waals surface area contributed by atoms with Crippen LogP contribution in [0.5, 0.6) is 0 Å². The number of halogens is 2. The van der Waals surface area contributed by atoms with Gasteiger partial charge < -0.3 is 4.74 Å². The van der Waals surface area contributed by atoms with Gasteiger partial charge in [0.2, 0.25) is 0 Å². The van der Waals surface area contributed by atoms with E-state index in [9.17, 15) is 4.79 Å². The lowest BCUT2D eigenvalue weighted by atomic mass is 9.59. The average Bonchev–Trinajstić information content (AvgIpc) is 2.31. The summed E-state index contributed by atoms with van der Waals surface area (Å²) >= 11 is 11.5. The maximum atomic E-state index is 11.1. The minimum Gasteiger partial charge on any atom is -0.465 e. The molecule has 4 heteroatoms. The minimum absolute atomic E-state index is 0.0475. The summed E-state index contributed by atoms with van der Waals surface area (Å²) in [5.41, 5.74) is 0. The normalized spacial score (nSPS) is 45.0. The number of alkyl halides is 2. The third-order valence-corrected chi connectivity index (χ3v) is 3.78. The fraction of sp³-hybridized carbons (Fsp3) is 0.875. The Morgan fingerprint density at radius 3 is 2.58 bits per heavy atom. The quantitative estimate of drug-likeness (QED) is 0.508. The molecule has 0 N–H and O–H groups in total. The Balaban J connectivity index is 2.09. The van der Waals surface area contributed by atoms with Crippen molar-refractivity contribution in [2.75, 3.05) is 18.4 Å². The van der Waals surface area contributed by atoms with Crippen molar-refractivity contribution in [2.45, 2.75) is 0 Å². The molecule has 1 heterocycles. The van der Waals surface area contributed by atoms with Gasteiger partial charge >= 0.3 is 5.97 Å². The third kappa shape index (κ3) is 0.975. The van der Waals surface area contributed by atoms with E-state index >= 15 is 0 Å². The average molecular weight is 209 g/mol. The number of ether oxygens (including phenoxy) is 1. The molecule has 12 heavy (non-hydrogen) atoms. The molecular weight excluding hydrogens is 199 g/mol. The molecule has 0 aromatic heterocycles. The number of hydrogen-bond acceptors (Lipinski definition) is 2. The second kappa shape index (κ2) is 3.08. The van der Waals surface area contributed by atoms with Crippen molar-refractivity contribution in [3.8, 4) is 0 Å². The van der Waals surface area contributed by atoms with Crippen LogP contribution in [0.1, 0.15) is 0 Å². The van der Waals surface area contributed by atoms with Crippen LogP contribution in [0.25, 0.3) is 0 Å². The Kier molecular flexibility index (Phi) is 2.21. The highest BCUT2D eigenvalue weighted by molar-refractivity contribution is 6.19. The van der Waals surface area contributed by atoms with Crippen LogP contribution in [0, 0.1) is 23.7 Å². The first-order valence-corrected chi connectivity index (χ1v) is 5.15. The molecule has 2 rings (SSSR count). The molecule has 1 saturated carbocycles. The monoisotopic (exact) mass is 208 g/mol. The van der Waals surface area contributed by atoms with E-state index in [0.29, 0.717) is 30.2 Å². The Labute approximate surface area is 81.2 Å². The van der Waals surface area contributed by atoms with Crippen molar-refractivity contribution in [1.29, 1.82) is 0 Å². The highest BCUT2D eigenvalue weighted by Gasteiger charge is 2.57. The zero-order valence-electron chi connectivity index (χ0n) is 6.50. The van der Waals surface area contributed by atoms with Gasteiger partial charge in [0.05, 0.1) is 12.5 Å². The fourth-order valence-corrected chi connectivity index (χ4v) is 3.19. The SMILES string of the molecule is O=C1OC[C@H]2[C@H](CCl)[C@H](CCl)[C@@H]12. The molecule has 0 spiro atoms. The first-order chi connectivity index (χ1) is 5.79. The first-order valence-electron chi connectivity index (χ1n) is 4.08. The molecule has 2 nitrogen and oxygen atoms in total. The van der Waals surface area contributed by atoms with E-state index in [1.165, 1.54) is 0 Å². The predicted octanol–water partition coefficient (Wildman–Crippen LogP) is 1.50. The summed E-state index contributed by atoms with van der Waals surface area (Å²) in [5.74, 6) is 2.07. The van der Waals surface area contributed by atoms with Crippen LogP contribution in [0.3, 0.4) is 0 Å². The van der Waals surface area contributed by atoms with Crippen LogP contribution < -0.4 is 0 Å². The number of carbonyl (C=O) groups is 1. The summed E-state index contributed by atoms with van der Waals surface area (Å²) in [6.07, 6.45) is 0. The van der Waals surface area contributed by atoms with E-state index in [2.05, 4.69) is 0 Å². The van der Waals surface area contributed by atoms with Crippen LogP contribution in [0.15, 0.2) is 0 Å². The molecule has 2 fully saturated rings. The molecule has 2 aliphatic rings. The zero-order valence-corrected chi connectivity index (χ0v) is 8.02. The van der Waals surface area contributed by atoms with E-state index in [4.69, 9.17) is 27.9 Å². The molecule has 1 saturated heterocycles. The largest absolute Gasteiger partial charge is 0.465 e. The number of hydrogen-bond donors (Lipinski definition) is 0. The minimum atomic E-state index is -0.0768. The van der Waals surface area contributed by atoms with Crippen LogP contribution in [0.4, 0.5) is 0 Å². The second-order valence-corrected chi connectivity index (χ2v) is 4.07. The number of carbonyl (C=O) groups excluding carboxylic acids is 1. The lowest BCUT2D eigenvalue weighted by molar-refractivity contribution is -0.144. The third-order valence-electron chi connectivity index (χ3n) is 3.07. The van der Waals surface area contributed by atoms with Gasteiger partial charge in [-0.05, 0) is 11.8 Å². The molecule has 0 bridgehead atoms. The maximum Gasteiger partial charge on any atom is 0.309 e. The molecule has 0 aromatic rings. The van der Waals surface area contributed by atoms with Crippen molar-refractivity contribution in [1.82, 2.24) is 0 Å². The lowest BCUT2D eigenvalue weighted by Gasteiger charge is -2.43. The van der Waals surface area contributed by atoms with Gasteiger partial charge in [-0.25, -0.2) is 0 Å². The number of esters is 1. The molecule has 0 unspecified atom stereocenters. The Morgan fingerprint density at radius 2 is 2.00 bits per heavy atom. The predicted molar refractivity (Wildman–Crippen MR) is 46.4 cm³/mol. The Morgan fingerprint density at radius 1 is 1.33 bits per heavy atom. The summed E-state index contributed by atoms with van der Waals surface area (Å²) < 4.78 is 4.95. The van der Waals surface area contributed by atoms with Gasteiger partial charge in [0.25, 0.3) is 0 Å². The molecule has 0 amide bonds. The van der Waals surface area contributed by atoms with Crippen molar-refractivity contribution < 1.29 is 9.53 Å². The van der Waals surface area contributed by atoms with Gasteiger partial charge in [-0.1, -0.05) is 0 Å². The molecule has 4 atom stereocenters.